The number of carbonyl (C=O) groups excluding carboxylic acids is 1. The summed E-state index contributed by atoms with van der Waals surface area (Å²) >= 11 is 0. The van der Waals surface area contributed by atoms with Gasteiger partial charge in [0.2, 0.25) is 0 Å². The van der Waals surface area contributed by atoms with Crippen molar-refractivity contribution in [2.24, 2.45) is 5.92 Å². The predicted octanol–water partition coefficient (Wildman–Crippen LogP) is 3.00. The molecule has 2 amide bonds. The zero-order valence-electron chi connectivity index (χ0n) is 15.2. The van der Waals surface area contributed by atoms with Crippen LogP contribution >= 0.6 is 0 Å². The lowest BCUT2D eigenvalue weighted by Gasteiger charge is -2.31. The lowest BCUT2D eigenvalue weighted by molar-refractivity contribution is 0.198. The van der Waals surface area contributed by atoms with E-state index < -0.39 is 0 Å². The number of likely N-dealkylation sites (tertiary alicyclic amines) is 1. The lowest BCUT2D eigenvalue weighted by Crippen LogP contribution is -2.47. The molecule has 1 heterocycles. The summed E-state index contributed by atoms with van der Waals surface area (Å²) in [7, 11) is 0. The Morgan fingerprint density at radius 3 is 2.67 bits per heavy atom. The van der Waals surface area contributed by atoms with Gasteiger partial charge in [-0.2, -0.15) is 0 Å². The smallest absolute Gasteiger partial charge is 0.315 e. The standard InChI is InChI=1S/C19H31N3O2/c1-4-22-11-9-17(10-12-22)21-19(23)20-13-16-7-5-6-8-18(16)24-14-15(2)3/h5-8,15,17H,4,9-14H2,1-3H3,(H2,20,21,23). The van der Waals surface area contributed by atoms with Gasteiger partial charge in [-0.05, 0) is 31.4 Å². The summed E-state index contributed by atoms with van der Waals surface area (Å²) in [4.78, 5) is 14.6. The van der Waals surface area contributed by atoms with Gasteiger partial charge in [0.1, 0.15) is 5.75 Å². The van der Waals surface area contributed by atoms with Crippen LogP contribution in [0.4, 0.5) is 4.79 Å². The van der Waals surface area contributed by atoms with Crippen molar-refractivity contribution in [2.75, 3.05) is 26.2 Å². The van der Waals surface area contributed by atoms with Gasteiger partial charge in [0.25, 0.3) is 0 Å². The van der Waals surface area contributed by atoms with E-state index in [4.69, 9.17) is 4.74 Å². The molecule has 0 spiro atoms. The molecule has 134 valence electrons. The van der Waals surface area contributed by atoms with Crippen molar-refractivity contribution >= 4 is 6.03 Å². The first kappa shape index (κ1) is 18.6. The molecule has 0 radical (unpaired) electrons. The van der Waals surface area contributed by atoms with Gasteiger partial charge in [0, 0.05) is 31.2 Å². The van der Waals surface area contributed by atoms with Crippen LogP contribution in [0.2, 0.25) is 0 Å². The lowest BCUT2D eigenvalue weighted by atomic mass is 10.1. The highest BCUT2D eigenvalue weighted by Gasteiger charge is 2.19. The molecule has 1 aromatic carbocycles. The van der Waals surface area contributed by atoms with Crippen LogP contribution in [0.25, 0.3) is 0 Å². The van der Waals surface area contributed by atoms with E-state index in [1.807, 2.05) is 24.3 Å². The van der Waals surface area contributed by atoms with Crippen LogP contribution in [-0.4, -0.2) is 43.2 Å². The Labute approximate surface area is 145 Å². The highest BCUT2D eigenvalue weighted by atomic mass is 16.5. The van der Waals surface area contributed by atoms with Crippen molar-refractivity contribution < 1.29 is 9.53 Å². The minimum atomic E-state index is -0.0939. The van der Waals surface area contributed by atoms with E-state index in [0.717, 1.165) is 43.8 Å². The van der Waals surface area contributed by atoms with E-state index in [0.29, 0.717) is 19.1 Å². The molecule has 0 aliphatic carbocycles. The molecule has 0 aromatic heterocycles. The van der Waals surface area contributed by atoms with Crippen LogP contribution < -0.4 is 15.4 Å². The molecule has 0 saturated carbocycles. The van der Waals surface area contributed by atoms with Crippen LogP contribution in [-0.2, 0) is 6.54 Å². The summed E-state index contributed by atoms with van der Waals surface area (Å²) in [6.07, 6.45) is 2.05. The van der Waals surface area contributed by atoms with Crippen molar-refractivity contribution in [3.8, 4) is 5.75 Å². The molecule has 1 aliphatic heterocycles. The Bertz CT molecular complexity index is 511. The van der Waals surface area contributed by atoms with Gasteiger partial charge in [0.15, 0.2) is 0 Å². The Balaban J connectivity index is 1.77. The number of amides is 2. The first-order valence-corrected chi connectivity index (χ1v) is 9.06. The zero-order chi connectivity index (χ0) is 17.4. The van der Waals surface area contributed by atoms with Crippen molar-refractivity contribution in [3.63, 3.8) is 0 Å². The fraction of sp³-hybridized carbons (Fsp3) is 0.632. The maximum absolute atomic E-state index is 12.1. The fourth-order valence-electron chi connectivity index (χ4n) is 2.85. The average molecular weight is 333 g/mol. The van der Waals surface area contributed by atoms with E-state index in [-0.39, 0.29) is 12.1 Å². The number of rotatable bonds is 7. The number of hydrogen-bond acceptors (Lipinski definition) is 3. The van der Waals surface area contributed by atoms with Crippen LogP contribution in [0.5, 0.6) is 5.75 Å². The minimum Gasteiger partial charge on any atom is -0.493 e. The largest absolute Gasteiger partial charge is 0.493 e. The van der Waals surface area contributed by atoms with Crippen molar-refractivity contribution in [1.82, 2.24) is 15.5 Å². The molecular formula is C19H31N3O2. The SMILES string of the molecule is CCN1CCC(NC(=O)NCc2ccccc2OCC(C)C)CC1. The molecule has 0 bridgehead atoms. The second-order valence-corrected chi connectivity index (χ2v) is 6.85. The zero-order valence-corrected chi connectivity index (χ0v) is 15.2. The molecule has 24 heavy (non-hydrogen) atoms. The quantitative estimate of drug-likeness (QED) is 0.806. The number of carbonyl (C=O) groups is 1. The second-order valence-electron chi connectivity index (χ2n) is 6.85. The molecule has 2 N–H and O–H groups in total. The number of nitrogens with one attached hydrogen (secondary N) is 2. The van der Waals surface area contributed by atoms with Crippen LogP contribution in [0.1, 0.15) is 39.2 Å². The van der Waals surface area contributed by atoms with E-state index in [1.165, 1.54) is 0 Å². The fourth-order valence-corrected chi connectivity index (χ4v) is 2.85. The van der Waals surface area contributed by atoms with Gasteiger partial charge >= 0.3 is 6.03 Å². The summed E-state index contributed by atoms with van der Waals surface area (Å²) in [5, 5.41) is 6.04. The summed E-state index contributed by atoms with van der Waals surface area (Å²) in [6, 6.07) is 8.06. The number of hydrogen-bond donors (Lipinski definition) is 2. The van der Waals surface area contributed by atoms with Gasteiger partial charge < -0.3 is 20.3 Å². The summed E-state index contributed by atoms with van der Waals surface area (Å²) in [6.45, 7) is 10.8. The molecule has 0 unspecified atom stereocenters. The number of urea groups is 1. The number of ether oxygens (including phenoxy) is 1. The molecule has 2 rings (SSSR count). The predicted molar refractivity (Wildman–Crippen MR) is 97.3 cm³/mol. The molecule has 1 aliphatic rings. The Hall–Kier alpha value is -1.75. The molecule has 1 saturated heterocycles. The summed E-state index contributed by atoms with van der Waals surface area (Å²) in [5.74, 6) is 1.33. The molecular weight excluding hydrogens is 302 g/mol. The molecule has 5 heteroatoms. The van der Waals surface area contributed by atoms with Crippen molar-refractivity contribution in [3.05, 3.63) is 29.8 Å². The highest BCUT2D eigenvalue weighted by molar-refractivity contribution is 5.74. The maximum Gasteiger partial charge on any atom is 0.315 e. The van der Waals surface area contributed by atoms with E-state index >= 15 is 0 Å². The summed E-state index contributed by atoms with van der Waals surface area (Å²) < 4.78 is 5.83. The van der Waals surface area contributed by atoms with Gasteiger partial charge in [-0.1, -0.05) is 39.0 Å². The third-order valence-electron chi connectivity index (χ3n) is 4.35. The number of benzene rings is 1. The first-order valence-electron chi connectivity index (χ1n) is 9.06. The van der Waals surface area contributed by atoms with E-state index in [9.17, 15) is 4.79 Å². The van der Waals surface area contributed by atoms with Gasteiger partial charge in [0.05, 0.1) is 6.61 Å². The third kappa shape index (κ3) is 6.04. The molecule has 1 fully saturated rings. The second kappa shape index (κ2) is 9.52. The minimum absolute atomic E-state index is 0.0939. The summed E-state index contributed by atoms with van der Waals surface area (Å²) in [5.41, 5.74) is 1.01. The van der Waals surface area contributed by atoms with Crippen LogP contribution in [0, 0.1) is 5.92 Å². The normalized spacial score (nSPS) is 16.2. The number of piperidine rings is 1. The third-order valence-corrected chi connectivity index (χ3v) is 4.35. The van der Waals surface area contributed by atoms with E-state index in [2.05, 4.69) is 36.3 Å². The number of nitrogens with zero attached hydrogens (tertiary/aromatic N) is 1. The van der Waals surface area contributed by atoms with Gasteiger partial charge in [-0.15, -0.1) is 0 Å². The van der Waals surface area contributed by atoms with Gasteiger partial charge in [-0.25, -0.2) is 4.79 Å². The Morgan fingerprint density at radius 2 is 2.00 bits per heavy atom. The monoisotopic (exact) mass is 333 g/mol. The highest BCUT2D eigenvalue weighted by Crippen LogP contribution is 2.18. The van der Waals surface area contributed by atoms with E-state index in [1.54, 1.807) is 0 Å². The topological polar surface area (TPSA) is 53.6 Å². The number of para-hydroxylation sites is 1. The Kier molecular flexibility index (Phi) is 7.37. The average Bonchev–Trinajstić information content (AvgIpc) is 2.59. The maximum atomic E-state index is 12.1. The van der Waals surface area contributed by atoms with Crippen LogP contribution in [0.3, 0.4) is 0 Å². The van der Waals surface area contributed by atoms with Crippen molar-refractivity contribution in [2.45, 2.75) is 46.2 Å². The molecule has 1 aromatic rings. The molecule has 0 atom stereocenters. The van der Waals surface area contributed by atoms with Gasteiger partial charge in [-0.3, -0.25) is 0 Å². The first-order chi connectivity index (χ1) is 11.6. The van der Waals surface area contributed by atoms with Crippen molar-refractivity contribution in [1.29, 1.82) is 0 Å². The molecule has 5 nitrogen and oxygen atoms in total. The Morgan fingerprint density at radius 1 is 1.29 bits per heavy atom. The van der Waals surface area contributed by atoms with Crippen LogP contribution in [0.15, 0.2) is 24.3 Å².